The quantitative estimate of drug-likeness (QED) is 0.187. The molecule has 0 N–H and O–H groups in total. The van der Waals surface area contributed by atoms with Gasteiger partial charge < -0.3 is 0 Å². The summed E-state index contributed by atoms with van der Waals surface area (Å²) in [6.45, 7) is 0. The summed E-state index contributed by atoms with van der Waals surface area (Å²) < 4.78 is 0. The van der Waals surface area contributed by atoms with Gasteiger partial charge in [0.25, 0.3) is 17.7 Å². The van der Waals surface area contributed by atoms with E-state index in [0.29, 0.717) is 5.02 Å². The lowest BCUT2D eigenvalue weighted by atomic mass is 9.85. The molecule has 5 atom stereocenters. The Morgan fingerprint density at radius 3 is 2.03 bits per heavy atom. The van der Waals surface area contributed by atoms with E-state index in [-0.39, 0.29) is 45.3 Å². The molecule has 6 nitrogen and oxygen atoms in total. The Kier molecular flexibility index (Phi) is 6.90. The molecule has 1 heterocycles. The number of imide groups is 1. The number of carbonyl (C=O) groups is 4. The van der Waals surface area contributed by atoms with Crippen molar-refractivity contribution in [1.29, 1.82) is 0 Å². The number of halogens is 4. The van der Waals surface area contributed by atoms with Crippen molar-refractivity contribution in [3.63, 3.8) is 0 Å². The molecule has 0 aromatic heterocycles. The van der Waals surface area contributed by atoms with E-state index in [2.05, 4.69) is 0 Å². The number of carbonyl (C=O) groups excluding carboxylic acids is 4. The van der Waals surface area contributed by atoms with Gasteiger partial charge in [-0.05, 0) is 67.1 Å². The second-order valence-corrected chi connectivity index (χ2v) is 10.8. The molecule has 0 spiro atoms. The summed E-state index contributed by atoms with van der Waals surface area (Å²) in [6.07, 6.45) is 4.66. The van der Waals surface area contributed by atoms with E-state index in [0.717, 1.165) is 16.4 Å². The molecule has 0 radical (unpaired) electrons. The molecule has 2 aromatic carbocycles. The SMILES string of the molecule is O=C(c1ccc(Cl)cc1)[C@H](CCCl)N(C(=O)c1ccc(Cl)c(Cl)c1)N1C(=O)[C@H]2[C@H](C1=O)[C@H]1C=C[C@H]2C1. The van der Waals surface area contributed by atoms with Gasteiger partial charge in [-0.2, -0.15) is 5.01 Å². The lowest BCUT2D eigenvalue weighted by molar-refractivity contribution is -0.157. The van der Waals surface area contributed by atoms with Crippen molar-refractivity contribution >= 4 is 69.9 Å². The van der Waals surface area contributed by atoms with E-state index >= 15 is 0 Å². The summed E-state index contributed by atoms with van der Waals surface area (Å²) in [7, 11) is 0. The summed E-state index contributed by atoms with van der Waals surface area (Å²) in [5, 5.41) is 2.64. The van der Waals surface area contributed by atoms with Gasteiger partial charge in [-0.15, -0.1) is 11.6 Å². The molecule has 186 valence electrons. The van der Waals surface area contributed by atoms with Gasteiger partial charge >= 0.3 is 0 Å². The third-order valence-electron chi connectivity index (χ3n) is 7.15. The summed E-state index contributed by atoms with van der Waals surface area (Å²) in [5.41, 5.74) is 0.342. The number of alkyl halides is 1. The first-order valence-corrected chi connectivity index (χ1v) is 13.1. The number of rotatable bonds is 7. The molecule has 1 saturated carbocycles. The highest BCUT2D eigenvalue weighted by Crippen LogP contribution is 2.53. The maximum atomic E-state index is 13.9. The first kappa shape index (κ1) is 25.3. The van der Waals surface area contributed by atoms with Crippen LogP contribution in [-0.4, -0.2) is 45.4 Å². The second kappa shape index (κ2) is 9.82. The van der Waals surface area contributed by atoms with Crippen molar-refractivity contribution in [2.24, 2.45) is 23.7 Å². The van der Waals surface area contributed by atoms with Crippen LogP contribution >= 0.6 is 46.4 Å². The molecule has 2 bridgehead atoms. The van der Waals surface area contributed by atoms with Crippen LogP contribution in [0.2, 0.25) is 15.1 Å². The van der Waals surface area contributed by atoms with E-state index in [1.54, 1.807) is 12.1 Å². The minimum absolute atomic E-state index is 0.00499. The normalized spacial score (nSPS) is 24.8. The molecule has 5 rings (SSSR count). The van der Waals surface area contributed by atoms with Crippen molar-refractivity contribution in [1.82, 2.24) is 10.0 Å². The highest BCUT2D eigenvalue weighted by molar-refractivity contribution is 6.42. The fourth-order valence-corrected chi connectivity index (χ4v) is 6.14. The van der Waals surface area contributed by atoms with Gasteiger partial charge in [0, 0.05) is 22.0 Å². The van der Waals surface area contributed by atoms with Crippen LogP contribution in [0.5, 0.6) is 0 Å². The zero-order valence-corrected chi connectivity index (χ0v) is 21.8. The zero-order chi connectivity index (χ0) is 25.7. The van der Waals surface area contributed by atoms with Gasteiger partial charge in [-0.25, -0.2) is 5.01 Å². The average Bonchev–Trinajstić information content (AvgIpc) is 3.55. The van der Waals surface area contributed by atoms with Crippen molar-refractivity contribution < 1.29 is 19.2 Å². The van der Waals surface area contributed by atoms with E-state index in [1.165, 1.54) is 30.3 Å². The third kappa shape index (κ3) is 4.14. The monoisotopic (exact) mass is 564 g/mol. The Morgan fingerprint density at radius 2 is 1.47 bits per heavy atom. The van der Waals surface area contributed by atoms with Crippen molar-refractivity contribution in [2.45, 2.75) is 18.9 Å². The highest BCUT2D eigenvalue weighted by Gasteiger charge is 2.62. The molecule has 2 fully saturated rings. The van der Waals surface area contributed by atoms with Crippen LogP contribution in [0.1, 0.15) is 33.6 Å². The average molecular weight is 566 g/mol. The van der Waals surface area contributed by atoms with Gasteiger partial charge in [0.1, 0.15) is 6.04 Å². The van der Waals surface area contributed by atoms with Crippen LogP contribution in [-0.2, 0) is 9.59 Å². The topological polar surface area (TPSA) is 74.8 Å². The Balaban J connectivity index is 1.60. The molecular formula is C26H20Cl4N2O4. The maximum Gasteiger partial charge on any atom is 0.273 e. The fourth-order valence-electron chi connectivity index (χ4n) is 5.51. The Labute approximate surface area is 227 Å². The number of fused-ring (bicyclic) bond motifs is 5. The van der Waals surface area contributed by atoms with Crippen LogP contribution in [0, 0.1) is 23.7 Å². The summed E-state index contributed by atoms with van der Waals surface area (Å²) in [6, 6.07) is 9.17. The van der Waals surface area contributed by atoms with Crippen molar-refractivity contribution in [2.75, 3.05) is 5.88 Å². The number of amides is 3. The van der Waals surface area contributed by atoms with Gasteiger partial charge in [0.05, 0.1) is 21.9 Å². The molecule has 1 aliphatic heterocycles. The molecule has 2 aliphatic carbocycles. The largest absolute Gasteiger partial charge is 0.292 e. The van der Waals surface area contributed by atoms with Crippen LogP contribution in [0.3, 0.4) is 0 Å². The Morgan fingerprint density at radius 1 is 0.889 bits per heavy atom. The minimum Gasteiger partial charge on any atom is -0.292 e. The predicted molar refractivity (Wildman–Crippen MR) is 137 cm³/mol. The predicted octanol–water partition coefficient (Wildman–Crippen LogP) is 5.69. The zero-order valence-electron chi connectivity index (χ0n) is 18.7. The molecule has 36 heavy (non-hydrogen) atoms. The smallest absolute Gasteiger partial charge is 0.273 e. The molecule has 1 saturated heterocycles. The van der Waals surface area contributed by atoms with E-state index in [1.807, 2.05) is 12.2 Å². The number of nitrogens with zero attached hydrogens (tertiary/aromatic N) is 2. The van der Waals surface area contributed by atoms with Gasteiger partial charge in [-0.3, -0.25) is 19.2 Å². The molecule has 3 amide bonds. The van der Waals surface area contributed by atoms with E-state index in [9.17, 15) is 19.2 Å². The van der Waals surface area contributed by atoms with Crippen LogP contribution in [0.25, 0.3) is 0 Å². The lowest BCUT2D eigenvalue weighted by Crippen LogP contribution is -2.58. The first-order valence-electron chi connectivity index (χ1n) is 11.4. The number of Topliss-reactive ketones (excluding diaryl/α,β-unsaturated/α-hetero) is 1. The van der Waals surface area contributed by atoms with Gasteiger partial charge in [0.15, 0.2) is 5.78 Å². The third-order valence-corrected chi connectivity index (χ3v) is 8.36. The second-order valence-electron chi connectivity index (χ2n) is 9.13. The highest BCUT2D eigenvalue weighted by atomic mass is 35.5. The van der Waals surface area contributed by atoms with Crippen molar-refractivity contribution in [3.8, 4) is 0 Å². The Hall–Kier alpha value is -2.38. The maximum absolute atomic E-state index is 13.9. The number of hydrogen-bond donors (Lipinski definition) is 0. The molecular weight excluding hydrogens is 546 g/mol. The lowest BCUT2D eigenvalue weighted by Gasteiger charge is -2.36. The van der Waals surface area contributed by atoms with E-state index < -0.39 is 41.4 Å². The first-order chi connectivity index (χ1) is 17.2. The van der Waals surface area contributed by atoms with E-state index in [4.69, 9.17) is 46.4 Å². The fraction of sp³-hybridized carbons (Fsp3) is 0.308. The number of ketones is 1. The Bertz CT molecular complexity index is 1270. The van der Waals surface area contributed by atoms with Gasteiger partial charge in [-0.1, -0.05) is 47.0 Å². The molecule has 2 aromatic rings. The summed E-state index contributed by atoms with van der Waals surface area (Å²) >= 11 is 24.3. The number of hydrogen-bond acceptors (Lipinski definition) is 4. The standard InChI is InChI=1S/C26H20Cl4N2O4/c27-10-9-20(23(33)13-3-6-17(28)7-4-13)31(24(34)16-5-8-18(29)19(30)12-16)32-25(35)21-14-1-2-15(11-14)22(21)26(32)36/h1-8,12,14-15,20-22H,9-11H2/t14-,15-,20-,21+,22+/m0/s1. The summed E-state index contributed by atoms with van der Waals surface area (Å²) in [4.78, 5) is 55.0. The molecule has 0 unspecified atom stereocenters. The number of hydrazine groups is 1. The summed E-state index contributed by atoms with van der Waals surface area (Å²) in [5.74, 6) is -3.42. The molecule has 3 aliphatic rings. The van der Waals surface area contributed by atoms with Crippen LogP contribution in [0.15, 0.2) is 54.6 Å². The molecule has 10 heteroatoms. The van der Waals surface area contributed by atoms with Crippen molar-refractivity contribution in [3.05, 3.63) is 80.8 Å². The van der Waals surface area contributed by atoms with Crippen LogP contribution < -0.4 is 0 Å². The van der Waals surface area contributed by atoms with Gasteiger partial charge in [0.2, 0.25) is 0 Å². The number of allylic oxidation sites excluding steroid dienone is 2. The minimum atomic E-state index is -1.22. The van der Waals surface area contributed by atoms with Crippen LogP contribution in [0.4, 0.5) is 0 Å². The number of benzene rings is 2.